The molecule has 0 saturated carbocycles. The van der Waals surface area contributed by atoms with Gasteiger partial charge < -0.3 is 0 Å². The van der Waals surface area contributed by atoms with Crippen LogP contribution in [-0.4, -0.2) is 32.9 Å². The predicted octanol–water partition coefficient (Wildman–Crippen LogP) is 7.14. The molecule has 0 amide bonds. The third-order valence-electron chi connectivity index (χ3n) is 7.47. The average Bonchev–Trinajstić information content (AvgIpc) is 2.88. The van der Waals surface area contributed by atoms with Gasteiger partial charge in [-0.05, 0) is 0 Å². The van der Waals surface area contributed by atoms with Crippen molar-refractivity contribution in [1.82, 2.24) is 14.5 Å². The van der Waals surface area contributed by atoms with Crippen molar-refractivity contribution in [2.75, 3.05) is 0 Å². The molecule has 0 saturated heterocycles. The van der Waals surface area contributed by atoms with Gasteiger partial charge in [0.1, 0.15) is 0 Å². The first-order valence-electron chi connectivity index (χ1n) is 13.8. The van der Waals surface area contributed by atoms with Crippen LogP contribution in [0, 0.1) is 18.3 Å². The Hall–Kier alpha value is -2.20. The molecule has 0 spiro atoms. The molecule has 3 aromatic rings. The first-order valence-corrected chi connectivity index (χ1v) is 21.2. The van der Waals surface area contributed by atoms with E-state index in [-0.39, 0.29) is 17.0 Å². The van der Waals surface area contributed by atoms with Gasteiger partial charge in [0.2, 0.25) is 0 Å². The Kier molecular flexibility index (Phi) is 10.1. The molecule has 5 nitrogen and oxygen atoms in total. The van der Waals surface area contributed by atoms with Crippen molar-refractivity contribution >= 4 is 33.1 Å². The maximum absolute atomic E-state index is 13.7. The van der Waals surface area contributed by atoms with E-state index in [0.717, 1.165) is 22.3 Å². The fourth-order valence-corrected chi connectivity index (χ4v) is 20.7. The van der Waals surface area contributed by atoms with E-state index in [9.17, 15) is 10.1 Å². The van der Waals surface area contributed by atoms with Gasteiger partial charge in [0.15, 0.2) is 0 Å². The van der Waals surface area contributed by atoms with Crippen LogP contribution in [0.25, 0.3) is 16.7 Å². The number of aromatic nitrogens is 3. The van der Waals surface area contributed by atoms with Crippen LogP contribution in [-0.2, 0) is 0 Å². The van der Waals surface area contributed by atoms with Crippen LogP contribution in [0.2, 0.25) is 13.3 Å². The minimum absolute atomic E-state index is 0.132. The summed E-state index contributed by atoms with van der Waals surface area (Å²) in [7, 11) is 0. The molecule has 3 rings (SSSR count). The zero-order valence-electron chi connectivity index (χ0n) is 23.0. The molecule has 3 aromatic heterocycles. The summed E-state index contributed by atoms with van der Waals surface area (Å²) >= 11 is -2.83. The summed E-state index contributed by atoms with van der Waals surface area (Å²) in [5.74, 6) is 0.132. The van der Waals surface area contributed by atoms with E-state index >= 15 is 0 Å². The number of unbranched alkanes of at least 4 members (excludes halogenated alkanes) is 3. The van der Waals surface area contributed by atoms with Crippen molar-refractivity contribution in [1.29, 1.82) is 5.26 Å². The Morgan fingerprint density at radius 3 is 2.14 bits per heavy atom. The molecule has 0 atom stereocenters. The maximum atomic E-state index is 13.7. The summed E-state index contributed by atoms with van der Waals surface area (Å²) in [6.45, 7) is 13.0. The van der Waals surface area contributed by atoms with Gasteiger partial charge in [-0.25, -0.2) is 0 Å². The van der Waals surface area contributed by atoms with Crippen LogP contribution in [0.5, 0.6) is 0 Å². The van der Waals surface area contributed by atoms with Crippen molar-refractivity contribution in [3.63, 3.8) is 0 Å². The Labute approximate surface area is 220 Å². The van der Waals surface area contributed by atoms with Crippen LogP contribution in [0.1, 0.15) is 95.9 Å². The Morgan fingerprint density at radius 2 is 1.61 bits per heavy atom. The predicted molar refractivity (Wildman–Crippen MR) is 153 cm³/mol. The molecular formula is C30H42N4OSn. The molecule has 0 unspecified atom stereocenters. The molecule has 0 bridgehead atoms. The van der Waals surface area contributed by atoms with Crippen molar-refractivity contribution in [2.24, 2.45) is 0 Å². The monoisotopic (exact) mass is 594 g/mol. The molecular weight excluding hydrogens is 551 g/mol. The summed E-state index contributed by atoms with van der Waals surface area (Å²) in [4.78, 5) is 23.7. The van der Waals surface area contributed by atoms with Gasteiger partial charge in [-0.2, -0.15) is 0 Å². The molecule has 6 heteroatoms. The molecule has 0 radical (unpaired) electrons. The van der Waals surface area contributed by atoms with E-state index in [2.05, 4.69) is 57.8 Å². The molecule has 0 aromatic carbocycles. The molecule has 0 fully saturated rings. The van der Waals surface area contributed by atoms with E-state index in [1.54, 1.807) is 16.8 Å². The zero-order valence-corrected chi connectivity index (χ0v) is 25.9. The third-order valence-corrected chi connectivity index (χ3v) is 22.6. The second kappa shape index (κ2) is 12.9. The number of pyridine rings is 3. The summed E-state index contributed by atoms with van der Waals surface area (Å²) in [6.07, 6.45) is 9.16. The Morgan fingerprint density at radius 1 is 1.00 bits per heavy atom. The minimum atomic E-state index is -2.83. The number of hydrogen-bond donors (Lipinski definition) is 0. The van der Waals surface area contributed by atoms with Gasteiger partial charge in [0.25, 0.3) is 0 Å². The van der Waals surface area contributed by atoms with Crippen molar-refractivity contribution in [3.05, 3.63) is 57.6 Å². The SMILES string of the molecule is CCC[CH2][Sn]([CH2]CCC)([CH2]CCC)[c]1ccc2cc(C#N)c(=O)n(-c3c(C)ccnc3C(C)C)c2n1. The van der Waals surface area contributed by atoms with Crippen LogP contribution in [0.15, 0.2) is 35.3 Å². The van der Waals surface area contributed by atoms with Crippen molar-refractivity contribution in [2.45, 2.75) is 99.3 Å². The molecule has 36 heavy (non-hydrogen) atoms. The van der Waals surface area contributed by atoms with E-state index in [1.807, 2.05) is 13.0 Å². The normalized spacial score (nSPS) is 11.8. The standard InChI is InChI=1S/C18H15N4O.3C4H9.Sn/c1-11(2)15-16(12(3)6-8-20-15)22-17-13(5-4-7-21-17)9-14(10-19)18(22)23;3*1-3-4-2;/h4-6,8-9,11H,1-3H3;3*1,3-4H2,2H3;. The summed E-state index contributed by atoms with van der Waals surface area (Å²) < 4.78 is 6.93. The van der Waals surface area contributed by atoms with Gasteiger partial charge in [-0.1, -0.05) is 0 Å². The zero-order chi connectivity index (χ0) is 26.3. The van der Waals surface area contributed by atoms with E-state index in [1.165, 1.54) is 55.5 Å². The fraction of sp³-hybridized carbons (Fsp3) is 0.533. The van der Waals surface area contributed by atoms with Crippen molar-refractivity contribution in [3.8, 4) is 11.8 Å². The first kappa shape index (κ1) is 28.4. The summed E-state index contributed by atoms with van der Waals surface area (Å²) in [5.41, 5.74) is 3.13. The van der Waals surface area contributed by atoms with E-state index in [0.29, 0.717) is 5.65 Å². The van der Waals surface area contributed by atoms with Crippen LogP contribution < -0.4 is 9.27 Å². The van der Waals surface area contributed by atoms with E-state index in [4.69, 9.17) is 4.98 Å². The van der Waals surface area contributed by atoms with Gasteiger partial charge in [-0.3, -0.25) is 0 Å². The Bertz CT molecular complexity index is 1270. The molecule has 0 aliphatic heterocycles. The quantitative estimate of drug-likeness (QED) is 0.209. The van der Waals surface area contributed by atoms with Crippen molar-refractivity contribution < 1.29 is 0 Å². The first-order chi connectivity index (χ1) is 17.3. The molecule has 192 valence electrons. The number of rotatable bonds is 12. The number of nitriles is 1. The molecule has 0 aliphatic carbocycles. The van der Waals surface area contributed by atoms with Gasteiger partial charge in [0, 0.05) is 0 Å². The van der Waals surface area contributed by atoms with Crippen LogP contribution in [0.4, 0.5) is 0 Å². The summed E-state index contributed by atoms with van der Waals surface area (Å²) in [6, 6.07) is 10.1. The van der Waals surface area contributed by atoms with Gasteiger partial charge in [-0.15, -0.1) is 0 Å². The fourth-order valence-electron chi connectivity index (χ4n) is 5.36. The summed E-state index contributed by atoms with van der Waals surface area (Å²) in [5, 5.41) is 10.6. The number of nitrogens with zero attached hydrogens (tertiary/aromatic N) is 4. The number of aryl methyl sites for hydroxylation is 1. The Balaban J connectivity index is 2.40. The second-order valence-corrected chi connectivity index (χ2v) is 23.6. The topological polar surface area (TPSA) is 71.6 Å². The van der Waals surface area contributed by atoms with E-state index < -0.39 is 18.4 Å². The average molecular weight is 593 g/mol. The van der Waals surface area contributed by atoms with Gasteiger partial charge in [0.05, 0.1) is 0 Å². The molecule has 0 aliphatic rings. The molecule has 3 heterocycles. The third kappa shape index (κ3) is 5.85. The number of fused-ring (bicyclic) bond motifs is 1. The van der Waals surface area contributed by atoms with Crippen LogP contribution in [0.3, 0.4) is 0 Å². The van der Waals surface area contributed by atoms with Gasteiger partial charge >= 0.3 is 222 Å². The number of hydrogen-bond acceptors (Lipinski definition) is 4. The second-order valence-electron chi connectivity index (χ2n) is 10.5. The molecule has 0 N–H and O–H groups in total. The van der Waals surface area contributed by atoms with Crippen LogP contribution >= 0.6 is 0 Å².